The highest BCUT2D eigenvalue weighted by atomic mass is 16.5. The monoisotopic (exact) mass is 360 g/mol. The number of amides is 1. The lowest BCUT2D eigenvalue weighted by atomic mass is 9.94. The lowest BCUT2D eigenvalue weighted by Crippen LogP contribution is -2.26. The van der Waals surface area contributed by atoms with Crippen molar-refractivity contribution in [2.24, 2.45) is 13.0 Å². The van der Waals surface area contributed by atoms with Gasteiger partial charge in [0.1, 0.15) is 11.9 Å². The van der Waals surface area contributed by atoms with Crippen LogP contribution in [0.5, 0.6) is 0 Å². The average molecular weight is 360 g/mol. The molecule has 4 heterocycles. The third kappa shape index (κ3) is 3.14. The predicted molar refractivity (Wildman–Crippen MR) is 92.7 cm³/mol. The second kappa shape index (κ2) is 7.20. The number of ether oxygens (including phenoxy) is 2. The summed E-state index contributed by atoms with van der Waals surface area (Å²) in [6.07, 6.45) is 5.74. The summed E-state index contributed by atoms with van der Waals surface area (Å²) in [5.41, 5.74) is 1.82. The summed E-state index contributed by atoms with van der Waals surface area (Å²) in [5, 5.41) is 7.12. The summed E-state index contributed by atoms with van der Waals surface area (Å²) >= 11 is 0. The molecule has 8 heteroatoms. The highest BCUT2D eigenvalue weighted by Crippen LogP contribution is 2.36. The number of rotatable bonds is 4. The van der Waals surface area contributed by atoms with Gasteiger partial charge < -0.3 is 18.6 Å². The van der Waals surface area contributed by atoms with Gasteiger partial charge in [0, 0.05) is 50.7 Å². The molecule has 8 nitrogen and oxygen atoms in total. The molecule has 2 fully saturated rings. The van der Waals surface area contributed by atoms with Crippen molar-refractivity contribution in [1.82, 2.24) is 14.7 Å². The number of aryl methyl sites for hydroxylation is 1. The first-order valence-electron chi connectivity index (χ1n) is 9.08. The van der Waals surface area contributed by atoms with Gasteiger partial charge in [-0.3, -0.25) is 10.1 Å². The highest BCUT2D eigenvalue weighted by molar-refractivity contribution is 5.92. The van der Waals surface area contributed by atoms with Crippen molar-refractivity contribution in [3.05, 3.63) is 29.5 Å². The number of imidazole rings is 1. The van der Waals surface area contributed by atoms with Crippen molar-refractivity contribution in [2.45, 2.75) is 38.2 Å². The van der Waals surface area contributed by atoms with Crippen LogP contribution in [0, 0.1) is 12.8 Å². The predicted octanol–water partition coefficient (Wildman–Crippen LogP) is 2.33. The van der Waals surface area contributed by atoms with E-state index in [1.165, 1.54) is 0 Å². The minimum atomic E-state index is -0.340. The molecule has 0 aliphatic carbocycles. The fourth-order valence-corrected chi connectivity index (χ4v) is 3.78. The topological polar surface area (TPSA) is 91.4 Å². The number of anilines is 1. The summed E-state index contributed by atoms with van der Waals surface area (Å²) in [6.45, 7) is 3.96. The molecule has 2 aromatic rings. The fraction of sp³-hybridized carbons (Fsp3) is 0.611. The van der Waals surface area contributed by atoms with Gasteiger partial charge in [-0.15, -0.1) is 0 Å². The van der Waals surface area contributed by atoms with E-state index < -0.39 is 0 Å². The van der Waals surface area contributed by atoms with E-state index in [1.807, 2.05) is 24.7 Å². The summed E-state index contributed by atoms with van der Waals surface area (Å²) in [6, 6.07) is 0. The molecule has 140 valence electrons. The van der Waals surface area contributed by atoms with Gasteiger partial charge in [0.05, 0.1) is 11.6 Å². The van der Waals surface area contributed by atoms with E-state index in [1.54, 1.807) is 6.20 Å². The Kier molecular flexibility index (Phi) is 4.78. The number of nitrogens with one attached hydrogen (secondary N) is 1. The molecule has 2 aliphatic heterocycles. The molecule has 2 atom stereocenters. The van der Waals surface area contributed by atoms with Gasteiger partial charge in [0.25, 0.3) is 0 Å². The number of nitrogens with zero attached hydrogens (tertiary/aromatic N) is 3. The van der Waals surface area contributed by atoms with Gasteiger partial charge in [-0.25, -0.2) is 4.98 Å². The molecule has 0 bridgehead atoms. The first-order valence-corrected chi connectivity index (χ1v) is 9.08. The molecular weight excluding hydrogens is 336 g/mol. The van der Waals surface area contributed by atoms with Gasteiger partial charge in [-0.1, -0.05) is 5.16 Å². The molecule has 0 aromatic carbocycles. The van der Waals surface area contributed by atoms with Gasteiger partial charge >= 0.3 is 0 Å². The molecule has 0 radical (unpaired) electrons. The van der Waals surface area contributed by atoms with Gasteiger partial charge in [0.15, 0.2) is 0 Å². The van der Waals surface area contributed by atoms with E-state index in [4.69, 9.17) is 14.0 Å². The van der Waals surface area contributed by atoms with E-state index in [-0.39, 0.29) is 17.9 Å². The largest absolute Gasteiger partial charge is 0.381 e. The minimum absolute atomic E-state index is 0.117. The SMILES string of the molecule is Cc1c(C2CCOCC2)noc1NC(=O)[C@@H]1CCO[C@H]1c1nccn1C. The summed E-state index contributed by atoms with van der Waals surface area (Å²) < 4.78 is 18.5. The van der Waals surface area contributed by atoms with Crippen LogP contribution in [0.25, 0.3) is 0 Å². The zero-order valence-electron chi connectivity index (χ0n) is 15.1. The fourth-order valence-electron chi connectivity index (χ4n) is 3.78. The molecule has 0 unspecified atom stereocenters. The molecule has 2 aromatic heterocycles. The molecule has 4 rings (SSSR count). The number of carbonyl (C=O) groups excluding carboxylic acids is 1. The lowest BCUT2D eigenvalue weighted by molar-refractivity contribution is -0.121. The van der Waals surface area contributed by atoms with E-state index in [9.17, 15) is 4.79 Å². The van der Waals surface area contributed by atoms with Crippen LogP contribution in [0.2, 0.25) is 0 Å². The molecular formula is C18H24N4O4. The molecule has 1 N–H and O–H groups in total. The average Bonchev–Trinajstić information content (AvgIpc) is 3.36. The Bertz CT molecular complexity index is 778. The molecule has 26 heavy (non-hydrogen) atoms. The lowest BCUT2D eigenvalue weighted by Gasteiger charge is -2.20. The first-order chi connectivity index (χ1) is 12.6. The number of carbonyl (C=O) groups is 1. The van der Waals surface area contributed by atoms with E-state index >= 15 is 0 Å². The van der Waals surface area contributed by atoms with E-state index in [0.29, 0.717) is 24.8 Å². The third-order valence-electron chi connectivity index (χ3n) is 5.35. The van der Waals surface area contributed by atoms with Crippen molar-refractivity contribution in [3.8, 4) is 0 Å². The van der Waals surface area contributed by atoms with Crippen LogP contribution in [-0.4, -0.2) is 40.4 Å². The Hall–Kier alpha value is -2.19. The van der Waals surface area contributed by atoms with E-state index in [0.717, 1.165) is 43.1 Å². The van der Waals surface area contributed by atoms with Crippen molar-refractivity contribution < 1.29 is 18.8 Å². The van der Waals surface area contributed by atoms with Crippen LogP contribution in [0.1, 0.15) is 48.4 Å². The zero-order valence-corrected chi connectivity index (χ0v) is 15.1. The van der Waals surface area contributed by atoms with Crippen LogP contribution in [0.4, 0.5) is 5.88 Å². The third-order valence-corrected chi connectivity index (χ3v) is 5.35. The first kappa shape index (κ1) is 17.2. The summed E-state index contributed by atoms with van der Waals surface area (Å²) in [7, 11) is 1.90. The van der Waals surface area contributed by atoms with Crippen LogP contribution in [0.3, 0.4) is 0 Å². The Morgan fingerprint density at radius 3 is 2.81 bits per heavy atom. The van der Waals surface area contributed by atoms with Crippen molar-refractivity contribution in [3.63, 3.8) is 0 Å². The van der Waals surface area contributed by atoms with Gasteiger partial charge in [-0.2, -0.15) is 0 Å². The van der Waals surface area contributed by atoms with E-state index in [2.05, 4.69) is 15.5 Å². The maximum Gasteiger partial charge on any atom is 0.234 e. The summed E-state index contributed by atoms with van der Waals surface area (Å²) in [4.78, 5) is 17.2. The number of hydrogen-bond acceptors (Lipinski definition) is 6. The second-order valence-electron chi connectivity index (χ2n) is 6.98. The molecule has 2 saturated heterocycles. The van der Waals surface area contributed by atoms with Gasteiger partial charge in [-0.05, 0) is 26.2 Å². The highest BCUT2D eigenvalue weighted by Gasteiger charge is 2.38. The molecule has 1 amide bonds. The second-order valence-corrected chi connectivity index (χ2v) is 6.98. The van der Waals surface area contributed by atoms with Crippen molar-refractivity contribution in [1.29, 1.82) is 0 Å². The Morgan fingerprint density at radius 2 is 2.08 bits per heavy atom. The maximum atomic E-state index is 12.8. The Balaban J connectivity index is 1.48. The number of aromatic nitrogens is 3. The van der Waals surface area contributed by atoms with Crippen molar-refractivity contribution in [2.75, 3.05) is 25.1 Å². The van der Waals surface area contributed by atoms with Gasteiger partial charge in [0.2, 0.25) is 11.8 Å². The van der Waals surface area contributed by atoms with Crippen molar-refractivity contribution >= 4 is 11.8 Å². The number of hydrogen-bond donors (Lipinski definition) is 1. The minimum Gasteiger partial charge on any atom is -0.381 e. The quantitative estimate of drug-likeness (QED) is 0.900. The standard InChI is InChI=1S/C18H24N4O4/c1-11-14(12-3-8-24-9-4-12)21-26-18(11)20-17(23)13-5-10-25-15(13)16-19-6-7-22(16)2/h6-7,12-13,15H,3-5,8-10H2,1-2H3,(H,20,23)/t13-,15-/m1/s1. The molecule has 0 spiro atoms. The summed E-state index contributed by atoms with van der Waals surface area (Å²) in [5.74, 6) is 1.11. The van der Waals surface area contributed by atoms with Crippen LogP contribution in [-0.2, 0) is 21.3 Å². The smallest absolute Gasteiger partial charge is 0.234 e. The van der Waals surface area contributed by atoms with Crippen LogP contribution in [0.15, 0.2) is 16.9 Å². The maximum absolute atomic E-state index is 12.8. The Labute approximate surface area is 151 Å². The normalized spacial score (nSPS) is 24.1. The Morgan fingerprint density at radius 1 is 1.27 bits per heavy atom. The van der Waals surface area contributed by atoms with Crippen LogP contribution >= 0.6 is 0 Å². The zero-order chi connectivity index (χ0) is 18.1. The molecule has 2 aliphatic rings. The molecule has 0 saturated carbocycles. The van der Waals surface area contributed by atoms with Crippen LogP contribution < -0.4 is 5.32 Å².